The number of piperidine rings is 1. The van der Waals surface area contributed by atoms with Gasteiger partial charge in [-0.2, -0.15) is 0 Å². The van der Waals surface area contributed by atoms with Gasteiger partial charge in [-0.05, 0) is 45.6 Å². The lowest BCUT2D eigenvalue weighted by Crippen LogP contribution is -2.41. The van der Waals surface area contributed by atoms with Gasteiger partial charge in [-0.3, -0.25) is 0 Å². The van der Waals surface area contributed by atoms with E-state index in [1.165, 1.54) is 38.9 Å². The summed E-state index contributed by atoms with van der Waals surface area (Å²) in [6.07, 6.45) is 4.26. The van der Waals surface area contributed by atoms with E-state index in [2.05, 4.69) is 24.1 Å². The fourth-order valence-corrected chi connectivity index (χ4v) is 2.69. The van der Waals surface area contributed by atoms with Crippen molar-refractivity contribution in [1.82, 2.24) is 10.2 Å². The molecule has 1 atom stereocenters. The molecule has 0 aliphatic carbocycles. The predicted molar refractivity (Wildman–Crippen MR) is 66.7 cm³/mol. The first-order valence-corrected chi connectivity index (χ1v) is 6.82. The molecular weight excluding hydrogens is 200 g/mol. The number of hydrogen-bond donors (Lipinski definition) is 1. The van der Waals surface area contributed by atoms with Crippen LogP contribution in [0.1, 0.15) is 33.1 Å². The number of hydrogen-bond acceptors (Lipinski definition) is 3. The molecule has 0 spiro atoms. The fourth-order valence-electron chi connectivity index (χ4n) is 2.69. The van der Waals surface area contributed by atoms with Gasteiger partial charge >= 0.3 is 0 Å². The van der Waals surface area contributed by atoms with E-state index in [-0.39, 0.29) is 0 Å². The SMILES string of the molecule is CC(C)N1CCC(OCC2CCNC2)CC1. The molecule has 2 saturated heterocycles. The average molecular weight is 226 g/mol. The van der Waals surface area contributed by atoms with Crippen LogP contribution in [0.25, 0.3) is 0 Å². The van der Waals surface area contributed by atoms with Crippen molar-refractivity contribution in [2.75, 3.05) is 32.8 Å². The largest absolute Gasteiger partial charge is 0.378 e. The standard InChI is InChI=1S/C13H26N2O/c1-11(2)15-7-4-13(5-8-15)16-10-12-3-6-14-9-12/h11-14H,3-10H2,1-2H3. The number of ether oxygens (including phenoxy) is 1. The highest BCUT2D eigenvalue weighted by molar-refractivity contribution is 4.76. The van der Waals surface area contributed by atoms with Crippen LogP contribution in [0.15, 0.2) is 0 Å². The van der Waals surface area contributed by atoms with E-state index in [1.807, 2.05) is 0 Å². The van der Waals surface area contributed by atoms with Gasteiger partial charge in [-0.25, -0.2) is 0 Å². The molecule has 2 fully saturated rings. The summed E-state index contributed by atoms with van der Waals surface area (Å²) in [5.74, 6) is 0.767. The van der Waals surface area contributed by atoms with E-state index in [1.54, 1.807) is 0 Å². The van der Waals surface area contributed by atoms with Gasteiger partial charge in [-0.1, -0.05) is 0 Å². The molecule has 0 aromatic rings. The van der Waals surface area contributed by atoms with Crippen LogP contribution in [0.2, 0.25) is 0 Å². The van der Waals surface area contributed by atoms with Crippen LogP contribution < -0.4 is 5.32 Å². The molecule has 2 aliphatic rings. The maximum absolute atomic E-state index is 6.03. The zero-order chi connectivity index (χ0) is 11.4. The van der Waals surface area contributed by atoms with Gasteiger partial charge in [0.2, 0.25) is 0 Å². The molecule has 0 aromatic carbocycles. The zero-order valence-electron chi connectivity index (χ0n) is 10.7. The van der Waals surface area contributed by atoms with E-state index in [9.17, 15) is 0 Å². The Bertz CT molecular complexity index is 194. The van der Waals surface area contributed by atoms with Crippen molar-refractivity contribution in [2.24, 2.45) is 5.92 Å². The molecule has 3 heteroatoms. The topological polar surface area (TPSA) is 24.5 Å². The Balaban J connectivity index is 1.61. The van der Waals surface area contributed by atoms with Crippen molar-refractivity contribution in [3.05, 3.63) is 0 Å². The normalized spacial score (nSPS) is 29.1. The van der Waals surface area contributed by atoms with Crippen LogP contribution in [0, 0.1) is 5.92 Å². The van der Waals surface area contributed by atoms with Gasteiger partial charge in [0.1, 0.15) is 0 Å². The van der Waals surface area contributed by atoms with Crippen molar-refractivity contribution in [3.8, 4) is 0 Å². The minimum atomic E-state index is 0.524. The highest BCUT2D eigenvalue weighted by Crippen LogP contribution is 2.17. The molecule has 3 nitrogen and oxygen atoms in total. The van der Waals surface area contributed by atoms with E-state index in [4.69, 9.17) is 4.74 Å². The van der Waals surface area contributed by atoms with Gasteiger partial charge in [0.15, 0.2) is 0 Å². The summed E-state index contributed by atoms with van der Waals surface area (Å²) < 4.78 is 6.03. The van der Waals surface area contributed by atoms with Crippen molar-refractivity contribution in [3.63, 3.8) is 0 Å². The average Bonchev–Trinajstić information content (AvgIpc) is 2.80. The van der Waals surface area contributed by atoms with E-state index < -0.39 is 0 Å². The second-order valence-electron chi connectivity index (χ2n) is 5.52. The van der Waals surface area contributed by atoms with E-state index in [0.29, 0.717) is 12.1 Å². The predicted octanol–water partition coefficient (Wildman–Crippen LogP) is 1.49. The van der Waals surface area contributed by atoms with Crippen molar-refractivity contribution in [2.45, 2.75) is 45.3 Å². The maximum atomic E-state index is 6.03. The van der Waals surface area contributed by atoms with Crippen LogP contribution >= 0.6 is 0 Å². The summed E-state index contributed by atoms with van der Waals surface area (Å²) in [6.45, 7) is 10.3. The molecule has 0 radical (unpaired) electrons. The number of nitrogens with one attached hydrogen (secondary N) is 1. The lowest BCUT2D eigenvalue weighted by atomic mass is 10.1. The molecule has 2 heterocycles. The fraction of sp³-hybridized carbons (Fsp3) is 1.00. The highest BCUT2D eigenvalue weighted by atomic mass is 16.5. The number of likely N-dealkylation sites (tertiary alicyclic amines) is 1. The molecule has 2 rings (SSSR count). The third kappa shape index (κ3) is 3.44. The Morgan fingerprint density at radius 2 is 2.00 bits per heavy atom. The minimum Gasteiger partial charge on any atom is -0.378 e. The minimum absolute atomic E-state index is 0.524. The molecule has 16 heavy (non-hydrogen) atoms. The summed E-state index contributed by atoms with van der Waals surface area (Å²) >= 11 is 0. The third-order valence-electron chi connectivity index (χ3n) is 3.94. The van der Waals surface area contributed by atoms with Gasteiger partial charge in [0, 0.05) is 25.7 Å². The molecule has 0 aromatic heterocycles. The smallest absolute Gasteiger partial charge is 0.0599 e. The van der Waals surface area contributed by atoms with Crippen LogP contribution in [0.5, 0.6) is 0 Å². The Labute approximate surface area is 99.5 Å². The van der Waals surface area contributed by atoms with Gasteiger partial charge in [0.25, 0.3) is 0 Å². The van der Waals surface area contributed by atoms with Crippen molar-refractivity contribution < 1.29 is 4.74 Å². The van der Waals surface area contributed by atoms with Crippen molar-refractivity contribution in [1.29, 1.82) is 0 Å². The number of nitrogens with zero attached hydrogens (tertiary/aromatic N) is 1. The molecule has 0 bridgehead atoms. The molecule has 1 N–H and O–H groups in total. The third-order valence-corrected chi connectivity index (χ3v) is 3.94. The van der Waals surface area contributed by atoms with E-state index >= 15 is 0 Å². The molecular formula is C13H26N2O. The first-order chi connectivity index (χ1) is 7.75. The van der Waals surface area contributed by atoms with E-state index in [0.717, 1.165) is 19.1 Å². The zero-order valence-corrected chi connectivity index (χ0v) is 10.7. The molecule has 0 amide bonds. The van der Waals surface area contributed by atoms with Gasteiger partial charge in [0.05, 0.1) is 12.7 Å². The molecule has 0 saturated carbocycles. The summed E-state index contributed by atoms with van der Waals surface area (Å²) in [5.41, 5.74) is 0. The second kappa shape index (κ2) is 5.99. The molecule has 94 valence electrons. The summed E-state index contributed by atoms with van der Waals surface area (Å²) in [6, 6.07) is 0.694. The first-order valence-electron chi connectivity index (χ1n) is 6.82. The Morgan fingerprint density at radius 1 is 1.25 bits per heavy atom. The highest BCUT2D eigenvalue weighted by Gasteiger charge is 2.23. The summed E-state index contributed by atoms with van der Waals surface area (Å²) in [4.78, 5) is 2.55. The van der Waals surface area contributed by atoms with Crippen LogP contribution in [-0.4, -0.2) is 49.8 Å². The van der Waals surface area contributed by atoms with Crippen LogP contribution in [0.3, 0.4) is 0 Å². The molecule has 1 unspecified atom stereocenters. The quantitative estimate of drug-likeness (QED) is 0.786. The summed E-state index contributed by atoms with van der Waals surface area (Å²) in [5, 5.41) is 3.39. The lowest BCUT2D eigenvalue weighted by molar-refractivity contribution is -0.0117. The maximum Gasteiger partial charge on any atom is 0.0599 e. The number of rotatable bonds is 4. The summed E-state index contributed by atoms with van der Waals surface area (Å²) in [7, 11) is 0. The van der Waals surface area contributed by atoms with Crippen LogP contribution in [0.4, 0.5) is 0 Å². The second-order valence-corrected chi connectivity index (χ2v) is 5.52. The molecule has 2 aliphatic heterocycles. The monoisotopic (exact) mass is 226 g/mol. The van der Waals surface area contributed by atoms with Gasteiger partial charge < -0.3 is 15.0 Å². The van der Waals surface area contributed by atoms with Gasteiger partial charge in [-0.15, -0.1) is 0 Å². The van der Waals surface area contributed by atoms with Crippen LogP contribution in [-0.2, 0) is 4.74 Å². The Hall–Kier alpha value is -0.120. The Kier molecular flexibility index (Phi) is 4.62. The lowest BCUT2D eigenvalue weighted by Gasteiger charge is -2.34. The first kappa shape index (κ1) is 12.3. The van der Waals surface area contributed by atoms with Crippen molar-refractivity contribution >= 4 is 0 Å². The Morgan fingerprint density at radius 3 is 2.56 bits per heavy atom.